The zero-order valence-electron chi connectivity index (χ0n) is 8.88. The van der Waals surface area contributed by atoms with E-state index in [0.717, 1.165) is 5.56 Å². The van der Waals surface area contributed by atoms with Gasteiger partial charge in [0, 0.05) is 6.20 Å². The van der Waals surface area contributed by atoms with Crippen LogP contribution in [0.15, 0.2) is 24.5 Å². The van der Waals surface area contributed by atoms with Crippen LogP contribution in [0.4, 0.5) is 0 Å². The number of carboxylic acid groups (broad SMARTS) is 1. The summed E-state index contributed by atoms with van der Waals surface area (Å²) >= 11 is 5.68. The number of aryl methyl sites for hydroxylation is 1. The summed E-state index contributed by atoms with van der Waals surface area (Å²) in [6.07, 6.45) is 2.88. The summed E-state index contributed by atoms with van der Waals surface area (Å²) in [4.78, 5) is 22.8. The molecule has 0 saturated carbocycles. The number of pyridine rings is 1. The van der Waals surface area contributed by atoms with Gasteiger partial charge in [-0.05, 0) is 24.6 Å². The van der Waals surface area contributed by atoms with Crippen LogP contribution in [-0.2, 0) is 0 Å². The molecule has 6 heteroatoms. The molecular formula is C11H8ClN3O2. The van der Waals surface area contributed by atoms with Crippen molar-refractivity contribution >= 4 is 17.6 Å². The SMILES string of the molecule is Cc1ccnc(-c2ncc(Cl)c(C(=O)O)n2)c1. The fourth-order valence-electron chi connectivity index (χ4n) is 1.30. The van der Waals surface area contributed by atoms with E-state index in [9.17, 15) is 4.79 Å². The number of hydrogen-bond acceptors (Lipinski definition) is 4. The molecule has 86 valence electrons. The first-order chi connectivity index (χ1) is 8.08. The zero-order chi connectivity index (χ0) is 12.4. The third-order valence-corrected chi connectivity index (χ3v) is 2.37. The van der Waals surface area contributed by atoms with Crippen molar-refractivity contribution in [2.24, 2.45) is 0 Å². The molecule has 0 saturated heterocycles. The highest BCUT2D eigenvalue weighted by Crippen LogP contribution is 2.18. The molecule has 0 aliphatic carbocycles. The minimum Gasteiger partial charge on any atom is -0.476 e. The van der Waals surface area contributed by atoms with E-state index >= 15 is 0 Å². The number of halogens is 1. The number of rotatable bonds is 2. The summed E-state index contributed by atoms with van der Waals surface area (Å²) in [6.45, 7) is 1.90. The third-order valence-electron chi connectivity index (χ3n) is 2.09. The van der Waals surface area contributed by atoms with Crippen molar-refractivity contribution in [1.82, 2.24) is 15.0 Å². The highest BCUT2D eigenvalue weighted by Gasteiger charge is 2.13. The highest BCUT2D eigenvalue weighted by molar-refractivity contribution is 6.33. The van der Waals surface area contributed by atoms with Gasteiger partial charge in [-0.25, -0.2) is 14.8 Å². The van der Waals surface area contributed by atoms with Crippen molar-refractivity contribution in [3.05, 3.63) is 40.8 Å². The lowest BCUT2D eigenvalue weighted by Crippen LogP contribution is -2.04. The first-order valence-corrected chi connectivity index (χ1v) is 5.14. The van der Waals surface area contributed by atoms with Crippen molar-refractivity contribution in [1.29, 1.82) is 0 Å². The van der Waals surface area contributed by atoms with Crippen LogP contribution >= 0.6 is 11.6 Å². The predicted octanol–water partition coefficient (Wildman–Crippen LogP) is 2.20. The lowest BCUT2D eigenvalue weighted by Gasteiger charge is -2.02. The van der Waals surface area contributed by atoms with Crippen molar-refractivity contribution in [2.75, 3.05) is 0 Å². The molecule has 0 atom stereocenters. The van der Waals surface area contributed by atoms with E-state index in [4.69, 9.17) is 16.7 Å². The second-order valence-electron chi connectivity index (χ2n) is 3.41. The highest BCUT2D eigenvalue weighted by atomic mass is 35.5. The normalized spacial score (nSPS) is 10.2. The molecule has 2 aromatic rings. The number of aromatic nitrogens is 3. The van der Waals surface area contributed by atoms with Gasteiger partial charge in [0.1, 0.15) is 5.69 Å². The number of carboxylic acids is 1. The van der Waals surface area contributed by atoms with E-state index in [0.29, 0.717) is 5.69 Å². The van der Waals surface area contributed by atoms with Gasteiger partial charge < -0.3 is 5.11 Å². The number of carbonyl (C=O) groups is 1. The molecule has 2 rings (SSSR count). The molecule has 0 unspecified atom stereocenters. The molecule has 0 aliphatic heterocycles. The minimum absolute atomic E-state index is 0.00824. The van der Waals surface area contributed by atoms with E-state index < -0.39 is 5.97 Å². The van der Waals surface area contributed by atoms with Gasteiger partial charge in [0.15, 0.2) is 11.5 Å². The van der Waals surface area contributed by atoms with Gasteiger partial charge in [0.05, 0.1) is 11.2 Å². The Morgan fingerprint density at radius 3 is 2.82 bits per heavy atom. The number of nitrogens with zero attached hydrogens (tertiary/aromatic N) is 3. The molecule has 2 aromatic heterocycles. The lowest BCUT2D eigenvalue weighted by atomic mass is 10.2. The summed E-state index contributed by atoms with van der Waals surface area (Å²) in [5.41, 5.74) is 1.29. The molecule has 0 aromatic carbocycles. The molecule has 0 amide bonds. The van der Waals surface area contributed by atoms with Gasteiger partial charge in [0.25, 0.3) is 0 Å². The zero-order valence-corrected chi connectivity index (χ0v) is 9.64. The van der Waals surface area contributed by atoms with E-state index in [1.807, 2.05) is 13.0 Å². The molecule has 0 bridgehead atoms. The van der Waals surface area contributed by atoms with E-state index in [-0.39, 0.29) is 16.5 Å². The smallest absolute Gasteiger partial charge is 0.356 e. The van der Waals surface area contributed by atoms with Crippen LogP contribution in [0.5, 0.6) is 0 Å². The Morgan fingerprint density at radius 2 is 2.18 bits per heavy atom. The van der Waals surface area contributed by atoms with Gasteiger partial charge >= 0.3 is 5.97 Å². The average molecular weight is 250 g/mol. The third kappa shape index (κ3) is 2.39. The Hall–Kier alpha value is -2.01. The van der Waals surface area contributed by atoms with Gasteiger partial charge in [-0.2, -0.15) is 0 Å². The van der Waals surface area contributed by atoms with E-state index in [1.165, 1.54) is 6.20 Å². The minimum atomic E-state index is -1.19. The van der Waals surface area contributed by atoms with E-state index in [1.54, 1.807) is 12.3 Å². The molecule has 1 N–H and O–H groups in total. The summed E-state index contributed by atoms with van der Waals surface area (Å²) in [6, 6.07) is 3.60. The van der Waals surface area contributed by atoms with Crippen LogP contribution in [0, 0.1) is 6.92 Å². The second kappa shape index (κ2) is 4.47. The molecule has 0 fully saturated rings. The van der Waals surface area contributed by atoms with Crippen LogP contribution < -0.4 is 0 Å². The van der Waals surface area contributed by atoms with Crippen LogP contribution in [0.3, 0.4) is 0 Å². The van der Waals surface area contributed by atoms with Crippen molar-refractivity contribution in [3.8, 4) is 11.5 Å². The Labute approximate surface area is 102 Å². The molecule has 0 spiro atoms. The fraction of sp³-hybridized carbons (Fsp3) is 0.0909. The fourth-order valence-corrected chi connectivity index (χ4v) is 1.47. The van der Waals surface area contributed by atoms with Crippen molar-refractivity contribution in [2.45, 2.75) is 6.92 Å². The summed E-state index contributed by atoms with van der Waals surface area (Å²) < 4.78 is 0. The van der Waals surface area contributed by atoms with Crippen molar-refractivity contribution < 1.29 is 9.90 Å². The number of hydrogen-bond donors (Lipinski definition) is 1. The maximum Gasteiger partial charge on any atom is 0.356 e. The van der Waals surface area contributed by atoms with Crippen LogP contribution in [0.2, 0.25) is 5.02 Å². The topological polar surface area (TPSA) is 76.0 Å². The van der Waals surface area contributed by atoms with Gasteiger partial charge in [0.2, 0.25) is 0 Å². The second-order valence-corrected chi connectivity index (χ2v) is 3.82. The maximum absolute atomic E-state index is 10.9. The van der Waals surface area contributed by atoms with Gasteiger partial charge in [-0.3, -0.25) is 4.98 Å². The Balaban J connectivity index is 2.54. The average Bonchev–Trinajstić information content (AvgIpc) is 2.29. The molecule has 0 aliphatic rings. The van der Waals surface area contributed by atoms with Crippen LogP contribution in [0.1, 0.15) is 16.1 Å². The number of aromatic carboxylic acids is 1. The Bertz CT molecular complexity index is 587. The largest absolute Gasteiger partial charge is 0.476 e. The van der Waals surface area contributed by atoms with Crippen molar-refractivity contribution in [3.63, 3.8) is 0 Å². The molecule has 0 radical (unpaired) electrons. The summed E-state index contributed by atoms with van der Waals surface area (Å²) in [5, 5.41) is 8.90. The summed E-state index contributed by atoms with van der Waals surface area (Å²) in [7, 11) is 0. The quantitative estimate of drug-likeness (QED) is 0.883. The van der Waals surface area contributed by atoms with Crippen LogP contribution in [0.25, 0.3) is 11.5 Å². The summed E-state index contributed by atoms with van der Waals surface area (Å²) in [5.74, 6) is -0.943. The Morgan fingerprint density at radius 1 is 1.41 bits per heavy atom. The lowest BCUT2D eigenvalue weighted by molar-refractivity contribution is 0.0690. The van der Waals surface area contributed by atoms with Gasteiger partial charge in [-0.15, -0.1) is 0 Å². The first kappa shape index (κ1) is 11.5. The molecule has 5 nitrogen and oxygen atoms in total. The maximum atomic E-state index is 10.9. The monoisotopic (exact) mass is 249 g/mol. The molecule has 2 heterocycles. The van der Waals surface area contributed by atoms with Crippen LogP contribution in [-0.4, -0.2) is 26.0 Å². The molecule has 17 heavy (non-hydrogen) atoms. The Kier molecular flexibility index (Phi) is 3.01. The van der Waals surface area contributed by atoms with Gasteiger partial charge in [-0.1, -0.05) is 11.6 Å². The predicted molar refractivity (Wildman–Crippen MR) is 62.0 cm³/mol. The first-order valence-electron chi connectivity index (χ1n) is 4.77. The van der Waals surface area contributed by atoms with E-state index in [2.05, 4.69) is 15.0 Å². The standard InChI is InChI=1S/C11H8ClN3O2/c1-6-2-3-13-8(4-6)10-14-5-7(12)9(15-10)11(16)17/h2-5H,1H3,(H,16,17). The molecular weight excluding hydrogens is 242 g/mol.